The predicted molar refractivity (Wildman–Crippen MR) is 79.1 cm³/mol. The average molecular weight is 323 g/mol. The van der Waals surface area contributed by atoms with E-state index >= 15 is 0 Å². The molecule has 0 spiro atoms. The van der Waals surface area contributed by atoms with Crippen LogP contribution in [0, 0.1) is 18.7 Å². The molecular formula is C13H20ClFN2O2S. The van der Waals surface area contributed by atoms with Gasteiger partial charge in [-0.05, 0) is 43.5 Å². The Morgan fingerprint density at radius 2 is 2.10 bits per heavy atom. The van der Waals surface area contributed by atoms with Crippen molar-refractivity contribution < 1.29 is 12.8 Å². The van der Waals surface area contributed by atoms with E-state index < -0.39 is 15.8 Å². The minimum Gasteiger partial charge on any atom is -0.315 e. The van der Waals surface area contributed by atoms with E-state index in [2.05, 4.69) is 10.0 Å². The van der Waals surface area contributed by atoms with Crippen LogP contribution >= 0.6 is 12.4 Å². The van der Waals surface area contributed by atoms with Crippen LogP contribution in [0.2, 0.25) is 0 Å². The van der Waals surface area contributed by atoms with Crippen molar-refractivity contribution in [1.29, 1.82) is 0 Å². The summed E-state index contributed by atoms with van der Waals surface area (Å²) in [6.07, 6.45) is 0.906. The smallest absolute Gasteiger partial charge is 0.243 e. The van der Waals surface area contributed by atoms with E-state index in [1.54, 1.807) is 13.0 Å². The fourth-order valence-corrected chi connectivity index (χ4v) is 3.73. The molecular weight excluding hydrogens is 303 g/mol. The van der Waals surface area contributed by atoms with Gasteiger partial charge in [0.05, 0.1) is 0 Å². The third kappa shape index (κ3) is 3.91. The van der Waals surface area contributed by atoms with E-state index in [0.29, 0.717) is 6.54 Å². The molecule has 20 heavy (non-hydrogen) atoms. The van der Waals surface area contributed by atoms with Crippen molar-refractivity contribution in [3.8, 4) is 0 Å². The van der Waals surface area contributed by atoms with Crippen LogP contribution < -0.4 is 10.0 Å². The Balaban J connectivity index is 0.00000200. The second-order valence-electron chi connectivity index (χ2n) is 5.13. The lowest BCUT2D eigenvalue weighted by atomic mass is 9.96. The molecule has 1 aliphatic heterocycles. The molecule has 0 saturated carbocycles. The van der Waals surface area contributed by atoms with Gasteiger partial charge in [-0.3, -0.25) is 0 Å². The first kappa shape index (κ1) is 17.4. The summed E-state index contributed by atoms with van der Waals surface area (Å²) in [6.45, 7) is 5.20. The molecule has 2 N–H and O–H groups in total. The Kier molecular flexibility index (Phi) is 5.94. The summed E-state index contributed by atoms with van der Waals surface area (Å²) in [6, 6.07) is 3.91. The van der Waals surface area contributed by atoms with Crippen LogP contribution in [0.5, 0.6) is 0 Å². The monoisotopic (exact) mass is 322 g/mol. The molecule has 1 aliphatic rings. The van der Waals surface area contributed by atoms with Crippen LogP contribution in [-0.4, -0.2) is 27.5 Å². The van der Waals surface area contributed by atoms with Gasteiger partial charge in [0, 0.05) is 12.6 Å². The minimum absolute atomic E-state index is 0. The molecule has 0 bridgehead atoms. The average Bonchev–Trinajstić information content (AvgIpc) is 2.35. The highest BCUT2D eigenvalue weighted by Crippen LogP contribution is 2.19. The van der Waals surface area contributed by atoms with Crippen LogP contribution in [-0.2, 0) is 10.0 Å². The second kappa shape index (κ2) is 6.85. The van der Waals surface area contributed by atoms with Gasteiger partial charge in [-0.25, -0.2) is 17.5 Å². The largest absolute Gasteiger partial charge is 0.315 e. The Labute approximate surface area is 125 Å². The lowest BCUT2D eigenvalue weighted by molar-refractivity contribution is 0.327. The molecule has 114 valence electrons. The first-order chi connectivity index (χ1) is 8.90. The highest BCUT2D eigenvalue weighted by Gasteiger charge is 2.28. The van der Waals surface area contributed by atoms with Crippen molar-refractivity contribution in [1.82, 2.24) is 10.0 Å². The molecule has 0 aromatic heterocycles. The number of piperidine rings is 1. The van der Waals surface area contributed by atoms with Crippen molar-refractivity contribution in [3.05, 3.63) is 29.6 Å². The topological polar surface area (TPSA) is 58.2 Å². The number of aryl methyl sites for hydroxylation is 1. The zero-order valence-corrected chi connectivity index (χ0v) is 13.2. The first-order valence-electron chi connectivity index (χ1n) is 6.39. The molecule has 1 saturated heterocycles. The molecule has 2 rings (SSSR count). The fraction of sp³-hybridized carbons (Fsp3) is 0.538. The number of halogens is 2. The van der Waals surface area contributed by atoms with Gasteiger partial charge in [-0.15, -0.1) is 12.4 Å². The predicted octanol–water partition coefficient (Wildman–Crippen LogP) is 1.83. The molecule has 2 unspecified atom stereocenters. The standard InChI is InChI=1S/C13H19FN2O2S.ClH/c1-9-3-4-11(14)13(7-9)19(17,18)16-12-8-15-6-5-10(12)2;/h3-4,7,10,12,15-16H,5-6,8H2,1-2H3;1H. The summed E-state index contributed by atoms with van der Waals surface area (Å²) in [5.74, 6) is -0.474. The molecule has 1 aromatic rings. The molecule has 1 fully saturated rings. The van der Waals surface area contributed by atoms with Gasteiger partial charge in [-0.1, -0.05) is 13.0 Å². The Bertz CT molecular complexity index is 565. The van der Waals surface area contributed by atoms with Gasteiger partial charge < -0.3 is 5.32 Å². The third-order valence-corrected chi connectivity index (χ3v) is 5.02. The lowest BCUT2D eigenvalue weighted by Gasteiger charge is -2.30. The van der Waals surface area contributed by atoms with Crippen LogP contribution in [0.4, 0.5) is 4.39 Å². The number of nitrogens with one attached hydrogen (secondary N) is 2. The summed E-state index contributed by atoms with van der Waals surface area (Å²) in [4.78, 5) is -0.273. The maximum atomic E-state index is 13.7. The zero-order chi connectivity index (χ0) is 14.0. The van der Waals surface area contributed by atoms with Crippen LogP contribution in [0.1, 0.15) is 18.9 Å². The van der Waals surface area contributed by atoms with E-state index in [4.69, 9.17) is 0 Å². The van der Waals surface area contributed by atoms with Crippen LogP contribution in [0.25, 0.3) is 0 Å². The number of sulfonamides is 1. The van der Waals surface area contributed by atoms with Crippen LogP contribution in [0.15, 0.2) is 23.1 Å². The van der Waals surface area contributed by atoms with Gasteiger partial charge in [-0.2, -0.15) is 0 Å². The molecule has 1 heterocycles. The maximum Gasteiger partial charge on any atom is 0.243 e. The fourth-order valence-electron chi connectivity index (χ4n) is 2.23. The summed E-state index contributed by atoms with van der Waals surface area (Å²) in [5.41, 5.74) is 0.719. The van der Waals surface area contributed by atoms with E-state index in [9.17, 15) is 12.8 Å². The minimum atomic E-state index is -3.81. The van der Waals surface area contributed by atoms with Crippen molar-refractivity contribution in [2.75, 3.05) is 13.1 Å². The third-order valence-electron chi connectivity index (χ3n) is 3.51. The highest BCUT2D eigenvalue weighted by molar-refractivity contribution is 7.89. The molecule has 0 amide bonds. The van der Waals surface area contributed by atoms with Gasteiger partial charge in [0.25, 0.3) is 0 Å². The number of rotatable bonds is 3. The van der Waals surface area contributed by atoms with E-state index in [1.165, 1.54) is 12.1 Å². The summed E-state index contributed by atoms with van der Waals surface area (Å²) < 4.78 is 40.8. The lowest BCUT2D eigenvalue weighted by Crippen LogP contribution is -2.50. The number of benzene rings is 1. The molecule has 0 aliphatic carbocycles. The SMILES string of the molecule is Cc1ccc(F)c(S(=O)(=O)NC2CNCCC2C)c1.Cl. The highest BCUT2D eigenvalue weighted by atomic mass is 35.5. The quantitative estimate of drug-likeness (QED) is 0.892. The summed E-state index contributed by atoms with van der Waals surface area (Å²) >= 11 is 0. The van der Waals surface area contributed by atoms with E-state index in [1.807, 2.05) is 6.92 Å². The Morgan fingerprint density at radius 3 is 2.75 bits per heavy atom. The normalized spacial score (nSPS) is 23.1. The molecule has 1 aromatic carbocycles. The number of hydrogen-bond donors (Lipinski definition) is 2. The van der Waals surface area contributed by atoms with E-state index in [-0.39, 0.29) is 29.3 Å². The summed E-state index contributed by atoms with van der Waals surface area (Å²) in [5, 5.41) is 3.14. The second-order valence-corrected chi connectivity index (χ2v) is 6.81. The van der Waals surface area contributed by atoms with Gasteiger partial charge in [0.1, 0.15) is 10.7 Å². The van der Waals surface area contributed by atoms with Gasteiger partial charge in [0.2, 0.25) is 10.0 Å². The van der Waals surface area contributed by atoms with Gasteiger partial charge >= 0.3 is 0 Å². The van der Waals surface area contributed by atoms with Crippen molar-refractivity contribution in [2.45, 2.75) is 31.2 Å². The maximum absolute atomic E-state index is 13.7. The Morgan fingerprint density at radius 1 is 1.40 bits per heavy atom. The van der Waals surface area contributed by atoms with E-state index in [0.717, 1.165) is 18.5 Å². The van der Waals surface area contributed by atoms with Crippen LogP contribution in [0.3, 0.4) is 0 Å². The zero-order valence-electron chi connectivity index (χ0n) is 11.5. The first-order valence-corrected chi connectivity index (χ1v) is 7.87. The molecule has 2 atom stereocenters. The van der Waals surface area contributed by atoms with Crippen molar-refractivity contribution in [3.63, 3.8) is 0 Å². The van der Waals surface area contributed by atoms with Gasteiger partial charge in [0.15, 0.2) is 0 Å². The Hall–Kier alpha value is -0.690. The summed E-state index contributed by atoms with van der Waals surface area (Å²) in [7, 11) is -3.81. The molecule has 4 nitrogen and oxygen atoms in total. The van der Waals surface area contributed by atoms with Crippen molar-refractivity contribution in [2.24, 2.45) is 5.92 Å². The van der Waals surface area contributed by atoms with Crippen molar-refractivity contribution >= 4 is 22.4 Å². The molecule has 7 heteroatoms. The number of hydrogen-bond acceptors (Lipinski definition) is 3. The molecule has 0 radical (unpaired) electrons.